The van der Waals surface area contributed by atoms with E-state index in [0.717, 1.165) is 31.5 Å². The summed E-state index contributed by atoms with van der Waals surface area (Å²) in [4.78, 5) is 24.6. The van der Waals surface area contributed by atoms with E-state index in [1.165, 1.54) is 6.07 Å². The summed E-state index contributed by atoms with van der Waals surface area (Å²) in [5.74, 6) is 0.138. The molecule has 0 aromatic heterocycles. The van der Waals surface area contributed by atoms with Crippen LogP contribution < -0.4 is 5.32 Å². The van der Waals surface area contributed by atoms with Gasteiger partial charge in [-0.1, -0.05) is 12.1 Å². The normalized spacial score (nSPS) is 17.1. The summed E-state index contributed by atoms with van der Waals surface area (Å²) < 4.78 is 0. The Kier molecular flexibility index (Phi) is 7.27. The number of aryl methyl sites for hydroxylation is 1. The highest BCUT2D eigenvalue weighted by atomic mass is 35.5. The average Bonchev–Trinajstić information content (AvgIpc) is 2.94. The lowest BCUT2D eigenvalue weighted by Crippen LogP contribution is -2.40. The maximum atomic E-state index is 12.3. The van der Waals surface area contributed by atoms with Crippen molar-refractivity contribution in [2.75, 3.05) is 20.1 Å². The van der Waals surface area contributed by atoms with Gasteiger partial charge in [0.05, 0.1) is 4.92 Å². The molecule has 1 aromatic rings. The van der Waals surface area contributed by atoms with Gasteiger partial charge < -0.3 is 10.2 Å². The molecule has 0 saturated carbocycles. The number of rotatable bonds is 6. The lowest BCUT2D eigenvalue weighted by atomic mass is 10.1. The van der Waals surface area contributed by atoms with Gasteiger partial charge >= 0.3 is 0 Å². The topological polar surface area (TPSA) is 75.5 Å². The standard InChI is InChI=1S/C15H21N3O3.ClH/c1-16-11-14-6-3-9-17(14)15(19)8-7-12-4-2-5-13(10-12)18(20)21;/h2,4-5,10,14,16H,3,6-9,11H2,1H3;1H. The quantitative estimate of drug-likeness (QED) is 0.641. The second kappa shape index (κ2) is 8.70. The molecule has 2 rings (SSSR count). The number of nitrogens with zero attached hydrogens (tertiary/aromatic N) is 2. The SMILES string of the molecule is CNCC1CCCN1C(=O)CCc1cccc([N+](=O)[O-])c1.Cl. The predicted molar refractivity (Wildman–Crippen MR) is 87.3 cm³/mol. The number of non-ortho nitro benzene ring substituents is 1. The van der Waals surface area contributed by atoms with Crippen molar-refractivity contribution >= 4 is 24.0 Å². The van der Waals surface area contributed by atoms with Crippen molar-refractivity contribution in [2.45, 2.75) is 31.7 Å². The molecule has 1 heterocycles. The van der Waals surface area contributed by atoms with E-state index in [4.69, 9.17) is 0 Å². The second-order valence-electron chi connectivity index (χ2n) is 5.37. The highest BCUT2D eigenvalue weighted by molar-refractivity contribution is 5.85. The van der Waals surface area contributed by atoms with E-state index in [1.807, 2.05) is 18.0 Å². The fourth-order valence-electron chi connectivity index (χ4n) is 2.83. The van der Waals surface area contributed by atoms with Gasteiger partial charge in [0.2, 0.25) is 5.91 Å². The van der Waals surface area contributed by atoms with E-state index < -0.39 is 4.92 Å². The summed E-state index contributed by atoms with van der Waals surface area (Å²) in [6.07, 6.45) is 3.04. The monoisotopic (exact) mass is 327 g/mol. The fourth-order valence-corrected chi connectivity index (χ4v) is 2.83. The molecule has 0 spiro atoms. The molecule has 1 atom stereocenters. The van der Waals surface area contributed by atoms with E-state index in [2.05, 4.69) is 5.32 Å². The Balaban J connectivity index is 0.00000242. The number of hydrogen-bond acceptors (Lipinski definition) is 4. The van der Waals surface area contributed by atoms with Crippen LogP contribution in [0.1, 0.15) is 24.8 Å². The number of amides is 1. The molecule has 1 fully saturated rings. The Morgan fingerprint density at radius 3 is 2.95 bits per heavy atom. The molecule has 1 saturated heterocycles. The third-order valence-corrected chi connectivity index (χ3v) is 3.89. The minimum absolute atomic E-state index is 0. The van der Waals surface area contributed by atoms with Crippen LogP contribution in [0.25, 0.3) is 0 Å². The Bertz CT molecular complexity index is 525. The van der Waals surface area contributed by atoms with E-state index in [0.29, 0.717) is 12.8 Å². The number of benzene rings is 1. The van der Waals surface area contributed by atoms with Gasteiger partial charge in [-0.05, 0) is 31.9 Å². The number of nitro groups is 1. The third kappa shape index (κ3) is 4.68. The summed E-state index contributed by atoms with van der Waals surface area (Å²) >= 11 is 0. The average molecular weight is 328 g/mol. The lowest BCUT2D eigenvalue weighted by Gasteiger charge is -2.24. The number of likely N-dealkylation sites (tertiary alicyclic amines) is 1. The molecular weight excluding hydrogens is 306 g/mol. The Morgan fingerprint density at radius 1 is 1.50 bits per heavy atom. The number of hydrogen-bond donors (Lipinski definition) is 1. The zero-order valence-corrected chi connectivity index (χ0v) is 13.5. The fraction of sp³-hybridized carbons (Fsp3) is 0.533. The van der Waals surface area contributed by atoms with Crippen molar-refractivity contribution in [1.82, 2.24) is 10.2 Å². The van der Waals surface area contributed by atoms with E-state index in [-0.39, 0.29) is 30.0 Å². The molecule has 122 valence electrons. The summed E-state index contributed by atoms with van der Waals surface area (Å²) in [6.45, 7) is 1.64. The number of halogens is 1. The molecule has 0 radical (unpaired) electrons. The first kappa shape index (κ1) is 18.4. The van der Waals surface area contributed by atoms with Crippen molar-refractivity contribution in [3.05, 3.63) is 39.9 Å². The molecule has 0 bridgehead atoms. The van der Waals surface area contributed by atoms with Crippen LogP contribution in [-0.4, -0.2) is 41.9 Å². The molecule has 1 N–H and O–H groups in total. The van der Waals surface area contributed by atoms with Crippen LogP contribution in [0.4, 0.5) is 5.69 Å². The van der Waals surface area contributed by atoms with E-state index in [1.54, 1.807) is 12.1 Å². The number of nitro benzene ring substituents is 1. The molecule has 7 heteroatoms. The number of likely N-dealkylation sites (N-methyl/N-ethyl adjacent to an activating group) is 1. The molecular formula is C15H22ClN3O3. The molecule has 22 heavy (non-hydrogen) atoms. The van der Waals surface area contributed by atoms with Gasteiger partial charge in [-0.2, -0.15) is 0 Å². The van der Waals surface area contributed by atoms with E-state index in [9.17, 15) is 14.9 Å². The van der Waals surface area contributed by atoms with Gasteiger partial charge in [0.25, 0.3) is 5.69 Å². The van der Waals surface area contributed by atoms with Crippen molar-refractivity contribution in [2.24, 2.45) is 0 Å². The zero-order valence-electron chi connectivity index (χ0n) is 12.7. The van der Waals surface area contributed by atoms with Gasteiger partial charge in [0, 0.05) is 37.7 Å². The maximum absolute atomic E-state index is 12.3. The highest BCUT2D eigenvalue weighted by Crippen LogP contribution is 2.19. The first-order chi connectivity index (χ1) is 10.1. The summed E-state index contributed by atoms with van der Waals surface area (Å²) in [7, 11) is 1.89. The van der Waals surface area contributed by atoms with Gasteiger partial charge in [-0.25, -0.2) is 0 Å². The summed E-state index contributed by atoms with van der Waals surface area (Å²) in [5, 5.41) is 13.9. The van der Waals surface area contributed by atoms with Crippen LogP contribution in [-0.2, 0) is 11.2 Å². The van der Waals surface area contributed by atoms with Crippen LogP contribution in [0, 0.1) is 10.1 Å². The molecule has 0 aliphatic carbocycles. The molecule has 1 aliphatic rings. The Hall–Kier alpha value is -1.66. The third-order valence-electron chi connectivity index (χ3n) is 3.89. The summed E-state index contributed by atoms with van der Waals surface area (Å²) in [6, 6.07) is 6.79. The van der Waals surface area contributed by atoms with Crippen molar-refractivity contribution in [3.8, 4) is 0 Å². The maximum Gasteiger partial charge on any atom is 0.269 e. The van der Waals surface area contributed by atoms with Gasteiger partial charge in [-0.15, -0.1) is 12.4 Å². The van der Waals surface area contributed by atoms with Gasteiger partial charge in [0.1, 0.15) is 0 Å². The van der Waals surface area contributed by atoms with Crippen molar-refractivity contribution in [1.29, 1.82) is 0 Å². The van der Waals surface area contributed by atoms with Crippen LogP contribution in [0.2, 0.25) is 0 Å². The van der Waals surface area contributed by atoms with Gasteiger partial charge in [0.15, 0.2) is 0 Å². The number of carbonyl (C=O) groups is 1. The van der Waals surface area contributed by atoms with Crippen molar-refractivity contribution in [3.63, 3.8) is 0 Å². The minimum Gasteiger partial charge on any atom is -0.338 e. The predicted octanol–water partition coefficient (Wildman–Crippen LogP) is 2.16. The molecule has 1 aromatic carbocycles. The van der Waals surface area contributed by atoms with Crippen LogP contribution in [0.3, 0.4) is 0 Å². The minimum atomic E-state index is -0.408. The van der Waals surface area contributed by atoms with Gasteiger partial charge in [-0.3, -0.25) is 14.9 Å². The van der Waals surface area contributed by atoms with Crippen LogP contribution in [0.15, 0.2) is 24.3 Å². The molecule has 1 aliphatic heterocycles. The Morgan fingerprint density at radius 2 is 2.27 bits per heavy atom. The molecule has 6 nitrogen and oxygen atoms in total. The van der Waals surface area contributed by atoms with E-state index >= 15 is 0 Å². The number of nitrogens with one attached hydrogen (secondary N) is 1. The second-order valence-corrected chi connectivity index (χ2v) is 5.37. The first-order valence-corrected chi connectivity index (χ1v) is 7.29. The molecule has 1 amide bonds. The first-order valence-electron chi connectivity index (χ1n) is 7.29. The largest absolute Gasteiger partial charge is 0.338 e. The van der Waals surface area contributed by atoms with Crippen molar-refractivity contribution < 1.29 is 9.72 Å². The zero-order chi connectivity index (χ0) is 15.2. The highest BCUT2D eigenvalue weighted by Gasteiger charge is 2.27. The molecule has 1 unspecified atom stereocenters. The Labute approximate surface area is 136 Å². The smallest absolute Gasteiger partial charge is 0.269 e. The van der Waals surface area contributed by atoms with Crippen LogP contribution >= 0.6 is 12.4 Å². The lowest BCUT2D eigenvalue weighted by molar-refractivity contribution is -0.384. The number of carbonyl (C=O) groups excluding carboxylic acids is 1. The summed E-state index contributed by atoms with van der Waals surface area (Å²) in [5.41, 5.74) is 0.913. The van der Waals surface area contributed by atoms with Crippen LogP contribution in [0.5, 0.6) is 0 Å².